The molecule has 2 heterocycles. The van der Waals surface area contributed by atoms with Gasteiger partial charge >= 0.3 is 6.09 Å². The first-order valence-electron chi connectivity index (χ1n) is 10.7. The number of ether oxygens (including phenoxy) is 2. The molecule has 4 rings (SSSR count). The van der Waals surface area contributed by atoms with Crippen molar-refractivity contribution in [1.82, 2.24) is 9.88 Å². The Kier molecular flexibility index (Phi) is 7.41. The molecule has 1 aliphatic rings. The Hall–Kier alpha value is -4.18. The van der Waals surface area contributed by atoms with Crippen LogP contribution in [0.4, 0.5) is 16.2 Å². The number of nitro groups is 1. The van der Waals surface area contributed by atoms with E-state index in [9.17, 15) is 19.7 Å². The molecule has 1 aromatic heterocycles. The zero-order valence-electron chi connectivity index (χ0n) is 18.4. The Labute approximate surface area is 205 Å². The maximum absolute atomic E-state index is 13.0. The van der Waals surface area contributed by atoms with Crippen molar-refractivity contribution < 1.29 is 24.0 Å². The van der Waals surface area contributed by atoms with Crippen LogP contribution in [0.5, 0.6) is 11.5 Å². The van der Waals surface area contributed by atoms with E-state index >= 15 is 0 Å². The average Bonchev–Trinajstić information content (AvgIpc) is 3.33. The smallest absolute Gasteiger partial charge is 0.410 e. The maximum atomic E-state index is 13.0. The van der Waals surface area contributed by atoms with Gasteiger partial charge in [-0.3, -0.25) is 24.8 Å². The van der Waals surface area contributed by atoms with Crippen LogP contribution in [0.1, 0.15) is 18.4 Å². The predicted octanol–water partition coefficient (Wildman–Crippen LogP) is 5.18. The summed E-state index contributed by atoms with van der Waals surface area (Å²) in [6.07, 6.45) is 3.30. The second kappa shape index (κ2) is 10.8. The molecule has 1 saturated heterocycles. The SMILES string of the molecule is O=C(Nc1cc(Oc2cncc(Cl)c2)cc([N+](=O)[O-])c1)C1CCCN1C(=O)OCc1ccccc1. The number of nitro benzene ring substituents is 1. The van der Waals surface area contributed by atoms with Crippen LogP contribution < -0.4 is 10.1 Å². The molecule has 0 aliphatic carbocycles. The molecule has 2 aromatic carbocycles. The van der Waals surface area contributed by atoms with Crippen LogP contribution in [0.25, 0.3) is 0 Å². The van der Waals surface area contributed by atoms with Crippen LogP contribution in [-0.2, 0) is 16.1 Å². The van der Waals surface area contributed by atoms with E-state index < -0.39 is 23.0 Å². The van der Waals surface area contributed by atoms with Crippen LogP contribution in [-0.4, -0.2) is 39.4 Å². The van der Waals surface area contributed by atoms with E-state index in [1.54, 1.807) is 0 Å². The fraction of sp³-hybridized carbons (Fsp3) is 0.208. The van der Waals surface area contributed by atoms with Gasteiger partial charge in [0.05, 0.1) is 27.9 Å². The lowest BCUT2D eigenvalue weighted by atomic mass is 10.2. The second-order valence-electron chi connectivity index (χ2n) is 7.79. The third kappa shape index (κ3) is 6.24. The molecule has 1 fully saturated rings. The van der Waals surface area contributed by atoms with Crippen molar-refractivity contribution in [3.05, 3.63) is 87.7 Å². The molecule has 11 heteroatoms. The minimum atomic E-state index is -0.765. The Balaban J connectivity index is 1.46. The summed E-state index contributed by atoms with van der Waals surface area (Å²) >= 11 is 5.91. The number of hydrogen-bond donors (Lipinski definition) is 1. The van der Waals surface area contributed by atoms with E-state index in [4.69, 9.17) is 21.1 Å². The summed E-state index contributed by atoms with van der Waals surface area (Å²) in [5.74, 6) is -0.0856. The number of nitrogens with one attached hydrogen (secondary N) is 1. The van der Waals surface area contributed by atoms with Gasteiger partial charge in [-0.2, -0.15) is 0 Å². The van der Waals surface area contributed by atoms with Crippen molar-refractivity contribution in [1.29, 1.82) is 0 Å². The molecule has 1 unspecified atom stereocenters. The molecule has 0 radical (unpaired) electrons. The van der Waals surface area contributed by atoms with Gasteiger partial charge in [0.2, 0.25) is 5.91 Å². The Morgan fingerprint density at radius 3 is 2.69 bits per heavy atom. The summed E-state index contributed by atoms with van der Waals surface area (Å²) in [6, 6.07) is 13.8. The highest BCUT2D eigenvalue weighted by atomic mass is 35.5. The largest absolute Gasteiger partial charge is 0.455 e. The van der Waals surface area contributed by atoms with Crippen LogP contribution >= 0.6 is 11.6 Å². The number of anilines is 1. The summed E-state index contributed by atoms with van der Waals surface area (Å²) in [6.45, 7) is 0.464. The molecular weight excluding hydrogens is 476 g/mol. The normalized spacial score (nSPS) is 14.9. The van der Waals surface area contributed by atoms with Gasteiger partial charge in [-0.15, -0.1) is 0 Å². The number of non-ortho nitro benzene ring substituents is 1. The third-order valence-corrected chi connectivity index (χ3v) is 5.49. The molecule has 3 aromatic rings. The van der Waals surface area contributed by atoms with Crippen molar-refractivity contribution in [2.45, 2.75) is 25.5 Å². The van der Waals surface area contributed by atoms with Crippen molar-refractivity contribution in [3.63, 3.8) is 0 Å². The number of pyridine rings is 1. The molecule has 180 valence electrons. The van der Waals surface area contributed by atoms with Crippen LogP contribution in [0.15, 0.2) is 67.0 Å². The van der Waals surface area contributed by atoms with Crippen LogP contribution in [0, 0.1) is 10.1 Å². The third-order valence-electron chi connectivity index (χ3n) is 5.28. The highest BCUT2D eigenvalue weighted by Gasteiger charge is 2.35. The standard InChI is InChI=1S/C24H21ClN4O6/c25-17-9-21(14-26-13-17)35-20-11-18(10-19(12-20)29(32)33)27-23(30)22-7-4-8-28(22)24(31)34-15-16-5-2-1-3-6-16/h1-3,5-6,9-14,22H,4,7-8,15H2,(H,27,30). The van der Waals surface area contributed by atoms with Gasteiger partial charge in [-0.05, 0) is 18.4 Å². The van der Waals surface area contributed by atoms with Crippen LogP contribution in [0.3, 0.4) is 0 Å². The number of aromatic nitrogens is 1. The lowest BCUT2D eigenvalue weighted by molar-refractivity contribution is -0.384. The zero-order chi connectivity index (χ0) is 24.8. The molecule has 1 aliphatic heterocycles. The number of rotatable bonds is 7. The number of amides is 2. The number of nitrogens with zero attached hydrogens (tertiary/aromatic N) is 3. The van der Waals surface area contributed by atoms with Gasteiger partial charge in [-0.25, -0.2) is 4.79 Å². The first-order chi connectivity index (χ1) is 16.9. The number of benzene rings is 2. The highest BCUT2D eigenvalue weighted by Crippen LogP contribution is 2.31. The lowest BCUT2D eigenvalue weighted by Crippen LogP contribution is -2.43. The highest BCUT2D eigenvalue weighted by molar-refractivity contribution is 6.30. The van der Waals surface area contributed by atoms with E-state index in [1.807, 2.05) is 30.3 Å². The molecule has 1 atom stereocenters. The number of likely N-dealkylation sites (tertiary alicyclic amines) is 1. The minimum Gasteiger partial charge on any atom is -0.455 e. The summed E-state index contributed by atoms with van der Waals surface area (Å²) in [7, 11) is 0. The topological polar surface area (TPSA) is 124 Å². The fourth-order valence-corrected chi connectivity index (χ4v) is 3.85. The molecular formula is C24H21ClN4O6. The number of halogens is 1. The molecule has 35 heavy (non-hydrogen) atoms. The number of carbonyl (C=O) groups excluding carboxylic acids is 2. The first-order valence-corrected chi connectivity index (χ1v) is 11.1. The van der Waals surface area contributed by atoms with Gasteiger partial charge in [0.25, 0.3) is 5.69 Å². The van der Waals surface area contributed by atoms with Gasteiger partial charge in [0.15, 0.2) is 0 Å². The van der Waals surface area contributed by atoms with E-state index in [2.05, 4.69) is 10.3 Å². The summed E-state index contributed by atoms with van der Waals surface area (Å²) in [4.78, 5) is 41.7. The summed E-state index contributed by atoms with van der Waals surface area (Å²) < 4.78 is 11.0. The lowest BCUT2D eigenvalue weighted by Gasteiger charge is -2.23. The van der Waals surface area contributed by atoms with Crippen LogP contribution in [0.2, 0.25) is 5.02 Å². The van der Waals surface area contributed by atoms with E-state index in [1.165, 1.54) is 41.6 Å². The number of hydrogen-bond acceptors (Lipinski definition) is 7. The Morgan fingerprint density at radius 1 is 1.14 bits per heavy atom. The first kappa shape index (κ1) is 24.0. The second-order valence-corrected chi connectivity index (χ2v) is 8.23. The monoisotopic (exact) mass is 496 g/mol. The van der Waals surface area contributed by atoms with E-state index in [0.717, 1.165) is 5.56 Å². The van der Waals surface area contributed by atoms with Crippen molar-refractivity contribution in [2.24, 2.45) is 0 Å². The van der Waals surface area contributed by atoms with Gasteiger partial charge in [0, 0.05) is 30.9 Å². The van der Waals surface area contributed by atoms with Crippen molar-refractivity contribution in [3.8, 4) is 11.5 Å². The molecule has 2 amide bonds. The molecule has 0 spiro atoms. The quantitative estimate of drug-likeness (QED) is 0.353. The molecule has 1 N–H and O–H groups in total. The molecule has 0 bridgehead atoms. The summed E-state index contributed by atoms with van der Waals surface area (Å²) in [5.41, 5.74) is 0.706. The average molecular weight is 497 g/mol. The molecule has 10 nitrogen and oxygen atoms in total. The van der Waals surface area contributed by atoms with Crippen molar-refractivity contribution in [2.75, 3.05) is 11.9 Å². The maximum Gasteiger partial charge on any atom is 0.410 e. The van der Waals surface area contributed by atoms with Crippen molar-refractivity contribution >= 4 is 35.0 Å². The van der Waals surface area contributed by atoms with Gasteiger partial charge < -0.3 is 14.8 Å². The predicted molar refractivity (Wildman–Crippen MR) is 127 cm³/mol. The Morgan fingerprint density at radius 2 is 1.94 bits per heavy atom. The molecule has 0 saturated carbocycles. The summed E-state index contributed by atoms with van der Waals surface area (Å²) in [5, 5.41) is 14.4. The van der Waals surface area contributed by atoms with E-state index in [0.29, 0.717) is 24.4 Å². The van der Waals surface area contributed by atoms with Gasteiger partial charge in [-0.1, -0.05) is 41.9 Å². The fourth-order valence-electron chi connectivity index (χ4n) is 3.69. The Bertz CT molecular complexity index is 1240. The van der Waals surface area contributed by atoms with Gasteiger partial charge in [0.1, 0.15) is 24.1 Å². The zero-order valence-corrected chi connectivity index (χ0v) is 19.2. The van der Waals surface area contributed by atoms with E-state index in [-0.39, 0.29) is 29.5 Å². The number of carbonyl (C=O) groups is 2. The minimum absolute atomic E-state index is 0.0917.